The quantitative estimate of drug-likeness (QED) is 0.784. The van der Waals surface area contributed by atoms with Gasteiger partial charge in [0.2, 0.25) is 0 Å². The van der Waals surface area contributed by atoms with E-state index in [0.29, 0.717) is 17.4 Å². The number of hydrogen-bond donors (Lipinski definition) is 1. The van der Waals surface area contributed by atoms with E-state index >= 15 is 0 Å². The number of H-pyrrole nitrogens is 1. The van der Waals surface area contributed by atoms with Gasteiger partial charge in [-0.25, -0.2) is 9.67 Å². The lowest BCUT2D eigenvalue weighted by atomic mass is 10.5. The van der Waals surface area contributed by atoms with Gasteiger partial charge in [0.1, 0.15) is 19.2 Å². The predicted molar refractivity (Wildman–Crippen MR) is 54.8 cm³/mol. The van der Waals surface area contributed by atoms with Gasteiger partial charge in [0, 0.05) is 6.04 Å². The Morgan fingerprint density at radius 3 is 3.07 bits per heavy atom. The van der Waals surface area contributed by atoms with Gasteiger partial charge < -0.3 is 0 Å². The Hall–Kier alpha value is -1.50. The first kappa shape index (κ1) is 8.78. The van der Waals surface area contributed by atoms with Crippen molar-refractivity contribution in [3.8, 4) is 0 Å². The van der Waals surface area contributed by atoms with E-state index in [1.54, 1.807) is 11.0 Å². The summed E-state index contributed by atoms with van der Waals surface area (Å²) in [6.07, 6.45) is 5.58. The van der Waals surface area contributed by atoms with Crippen LogP contribution in [0.2, 0.25) is 0 Å². The van der Waals surface area contributed by atoms with E-state index in [4.69, 9.17) is 12.2 Å². The number of aromatic amines is 1. The largest absolute Gasteiger partial charge is 0.299 e. The Balaban J connectivity index is 1.94. The van der Waals surface area contributed by atoms with Crippen molar-refractivity contribution in [3.05, 3.63) is 23.3 Å². The van der Waals surface area contributed by atoms with E-state index in [1.165, 1.54) is 19.2 Å². The molecule has 78 valence electrons. The zero-order chi connectivity index (χ0) is 10.3. The Bertz CT molecular complexity index is 505. The van der Waals surface area contributed by atoms with Gasteiger partial charge in [-0.1, -0.05) is 0 Å². The summed E-state index contributed by atoms with van der Waals surface area (Å²) in [6, 6.07) is 0.537. The van der Waals surface area contributed by atoms with E-state index in [-0.39, 0.29) is 0 Å². The maximum absolute atomic E-state index is 5.18. The molecule has 1 saturated carbocycles. The molecule has 0 spiro atoms. The second-order valence-corrected chi connectivity index (χ2v) is 4.03. The van der Waals surface area contributed by atoms with Gasteiger partial charge in [-0.3, -0.25) is 9.67 Å². The van der Waals surface area contributed by atoms with Crippen molar-refractivity contribution in [1.29, 1.82) is 0 Å². The Morgan fingerprint density at radius 1 is 1.53 bits per heavy atom. The number of aromatic nitrogens is 6. The summed E-state index contributed by atoms with van der Waals surface area (Å²) < 4.78 is 4.52. The number of nitrogens with one attached hydrogen (secondary N) is 1. The summed E-state index contributed by atoms with van der Waals surface area (Å²) in [5.41, 5.74) is 0. The minimum atomic E-state index is 0.537. The molecule has 2 aromatic rings. The molecule has 3 rings (SSSR count). The van der Waals surface area contributed by atoms with Crippen LogP contribution < -0.4 is 0 Å². The summed E-state index contributed by atoms with van der Waals surface area (Å²) in [5.74, 6) is 0.924. The van der Waals surface area contributed by atoms with E-state index in [9.17, 15) is 0 Å². The lowest BCUT2D eigenvalue weighted by Crippen LogP contribution is -2.08. The standard InChI is InChI=1S/C8H10N6S/c15-8-12-11-7(14(8)6-1-2-6)3-13-5-9-4-10-13/h4-6H,1-3H2,(H,12,15). The fourth-order valence-corrected chi connectivity index (χ4v) is 1.92. The van der Waals surface area contributed by atoms with Crippen LogP contribution in [0.4, 0.5) is 0 Å². The molecular formula is C8H10N6S. The summed E-state index contributed by atoms with van der Waals surface area (Å²) in [7, 11) is 0. The van der Waals surface area contributed by atoms with Crippen molar-refractivity contribution < 1.29 is 0 Å². The zero-order valence-corrected chi connectivity index (χ0v) is 8.81. The molecule has 0 aromatic carbocycles. The molecule has 0 unspecified atom stereocenters. The minimum absolute atomic E-state index is 0.537. The van der Waals surface area contributed by atoms with Gasteiger partial charge in [-0.05, 0) is 25.1 Å². The average Bonchev–Trinajstić information content (AvgIpc) is 2.80. The molecule has 1 aliphatic rings. The van der Waals surface area contributed by atoms with E-state index in [2.05, 4.69) is 24.8 Å². The van der Waals surface area contributed by atoms with Crippen LogP contribution in [-0.4, -0.2) is 29.5 Å². The maximum atomic E-state index is 5.18. The molecule has 2 heterocycles. The van der Waals surface area contributed by atoms with Crippen molar-refractivity contribution in [2.45, 2.75) is 25.4 Å². The summed E-state index contributed by atoms with van der Waals surface area (Å²) >= 11 is 5.18. The van der Waals surface area contributed by atoms with Gasteiger partial charge in [-0.15, -0.1) is 0 Å². The second kappa shape index (κ2) is 3.27. The highest BCUT2D eigenvalue weighted by Crippen LogP contribution is 2.35. The molecule has 0 bridgehead atoms. The molecular weight excluding hydrogens is 212 g/mol. The van der Waals surface area contributed by atoms with Crippen molar-refractivity contribution >= 4 is 12.2 Å². The lowest BCUT2D eigenvalue weighted by Gasteiger charge is -2.03. The summed E-state index contributed by atoms with van der Waals surface area (Å²) in [5, 5.41) is 11.1. The lowest BCUT2D eigenvalue weighted by molar-refractivity contribution is 0.596. The summed E-state index contributed by atoms with van der Waals surface area (Å²) in [4.78, 5) is 3.89. The van der Waals surface area contributed by atoms with Gasteiger partial charge in [-0.2, -0.15) is 10.2 Å². The van der Waals surface area contributed by atoms with Crippen LogP contribution in [0, 0.1) is 4.77 Å². The molecule has 6 nitrogen and oxygen atoms in total. The normalized spacial score (nSPS) is 15.7. The Morgan fingerprint density at radius 2 is 2.40 bits per heavy atom. The van der Waals surface area contributed by atoms with Gasteiger partial charge in [0.05, 0.1) is 0 Å². The third kappa shape index (κ3) is 1.58. The van der Waals surface area contributed by atoms with Crippen LogP contribution in [0.5, 0.6) is 0 Å². The van der Waals surface area contributed by atoms with E-state index in [1.807, 2.05) is 0 Å². The fraction of sp³-hybridized carbons (Fsp3) is 0.500. The number of hydrogen-bond acceptors (Lipinski definition) is 4. The molecule has 2 aromatic heterocycles. The average molecular weight is 222 g/mol. The van der Waals surface area contributed by atoms with E-state index < -0.39 is 0 Å². The van der Waals surface area contributed by atoms with Crippen LogP contribution >= 0.6 is 12.2 Å². The van der Waals surface area contributed by atoms with Crippen LogP contribution in [-0.2, 0) is 6.54 Å². The molecule has 1 fully saturated rings. The number of nitrogens with zero attached hydrogens (tertiary/aromatic N) is 5. The maximum Gasteiger partial charge on any atom is 0.195 e. The molecule has 15 heavy (non-hydrogen) atoms. The Kier molecular flexibility index (Phi) is 1.91. The smallest absolute Gasteiger partial charge is 0.195 e. The highest BCUT2D eigenvalue weighted by Gasteiger charge is 2.27. The Labute approximate surface area is 91.0 Å². The van der Waals surface area contributed by atoms with Crippen LogP contribution in [0.3, 0.4) is 0 Å². The zero-order valence-electron chi connectivity index (χ0n) is 8.00. The van der Waals surface area contributed by atoms with Crippen molar-refractivity contribution in [2.75, 3.05) is 0 Å². The van der Waals surface area contributed by atoms with E-state index in [0.717, 1.165) is 5.82 Å². The molecule has 0 amide bonds. The third-order valence-electron chi connectivity index (χ3n) is 2.46. The molecule has 0 radical (unpaired) electrons. The first-order valence-corrected chi connectivity index (χ1v) is 5.23. The topological polar surface area (TPSA) is 64.3 Å². The first-order chi connectivity index (χ1) is 7.34. The highest BCUT2D eigenvalue weighted by molar-refractivity contribution is 7.71. The number of rotatable bonds is 3. The van der Waals surface area contributed by atoms with Crippen LogP contribution in [0.25, 0.3) is 0 Å². The molecule has 0 saturated heterocycles. The van der Waals surface area contributed by atoms with Crippen LogP contribution in [0.1, 0.15) is 24.7 Å². The van der Waals surface area contributed by atoms with Gasteiger partial charge >= 0.3 is 0 Å². The highest BCUT2D eigenvalue weighted by atomic mass is 32.1. The fourth-order valence-electron chi connectivity index (χ4n) is 1.62. The molecule has 0 atom stereocenters. The van der Waals surface area contributed by atoms with Crippen molar-refractivity contribution in [3.63, 3.8) is 0 Å². The molecule has 1 aliphatic carbocycles. The first-order valence-electron chi connectivity index (χ1n) is 4.83. The van der Waals surface area contributed by atoms with Crippen molar-refractivity contribution in [1.82, 2.24) is 29.5 Å². The second-order valence-electron chi connectivity index (χ2n) is 3.64. The van der Waals surface area contributed by atoms with Crippen molar-refractivity contribution in [2.24, 2.45) is 0 Å². The minimum Gasteiger partial charge on any atom is -0.299 e. The van der Waals surface area contributed by atoms with Gasteiger partial charge in [0.25, 0.3) is 0 Å². The monoisotopic (exact) mass is 222 g/mol. The molecule has 1 N–H and O–H groups in total. The summed E-state index contributed by atoms with van der Waals surface area (Å²) in [6.45, 7) is 0.615. The van der Waals surface area contributed by atoms with Gasteiger partial charge in [0.15, 0.2) is 10.6 Å². The molecule has 0 aliphatic heterocycles. The SMILES string of the molecule is S=c1[nH]nc(Cn2cncn2)n1C1CC1. The molecule has 7 heteroatoms. The third-order valence-corrected chi connectivity index (χ3v) is 2.75. The van der Waals surface area contributed by atoms with Crippen LogP contribution in [0.15, 0.2) is 12.7 Å². The predicted octanol–water partition coefficient (Wildman–Crippen LogP) is 0.915.